The van der Waals surface area contributed by atoms with Crippen LogP contribution in [0, 0.1) is 18.8 Å². The number of amides is 6. The minimum absolute atomic E-state index is 0.00867. The van der Waals surface area contributed by atoms with Crippen LogP contribution in [0.25, 0.3) is 11.0 Å². The highest BCUT2D eigenvalue weighted by atomic mass is 16.2. The fourth-order valence-corrected chi connectivity index (χ4v) is 11.3. The Morgan fingerprint density at radius 1 is 0.712 bits per heavy atom. The van der Waals surface area contributed by atoms with Crippen LogP contribution < -0.4 is 26.0 Å². The highest BCUT2D eigenvalue weighted by Crippen LogP contribution is 2.37. The molecule has 344 valence electrons. The molecule has 1 aromatic carbocycles. The number of nitrogens with one attached hydrogen (secondary N) is 2. The number of likely N-dealkylation sites (tertiary alicyclic amines) is 1. The zero-order valence-corrected chi connectivity index (χ0v) is 37.5. The number of aryl methyl sites for hydroxylation is 1. The Morgan fingerprint density at radius 2 is 1.36 bits per heavy atom. The summed E-state index contributed by atoms with van der Waals surface area (Å²) >= 11 is 0. The van der Waals surface area contributed by atoms with E-state index < -0.39 is 29.7 Å². The molecular weight excluding hydrogens is 843 g/mol. The van der Waals surface area contributed by atoms with Gasteiger partial charge in [-0.2, -0.15) is 4.98 Å². The number of carbonyl (C=O) groups excluding carboxylic acids is 6. The number of urea groups is 1. The highest BCUT2D eigenvalue weighted by Gasteiger charge is 2.45. The van der Waals surface area contributed by atoms with Crippen LogP contribution in [0.4, 0.5) is 27.9 Å². The molecule has 1 saturated carbocycles. The Kier molecular flexibility index (Phi) is 11.5. The van der Waals surface area contributed by atoms with Crippen LogP contribution in [-0.4, -0.2) is 128 Å². The molecule has 66 heavy (non-hydrogen) atoms. The van der Waals surface area contributed by atoms with Crippen molar-refractivity contribution in [2.75, 3.05) is 67.5 Å². The second-order valence-electron chi connectivity index (χ2n) is 18.7. The molecule has 1 unspecified atom stereocenters. The van der Waals surface area contributed by atoms with E-state index in [9.17, 15) is 33.6 Å². The van der Waals surface area contributed by atoms with E-state index in [1.807, 2.05) is 34.2 Å². The van der Waals surface area contributed by atoms with Gasteiger partial charge in [0, 0.05) is 82.1 Å². The molecule has 10 rings (SSSR count). The third-order valence-corrected chi connectivity index (χ3v) is 15.0. The third-order valence-electron chi connectivity index (χ3n) is 15.0. The van der Waals surface area contributed by atoms with Gasteiger partial charge in [0.25, 0.3) is 17.4 Å². The maximum Gasteiger partial charge on any atom is 0.320 e. The number of Topliss-reactive ketones (excluding diaryl/α,β-unsaturated/α-hetero) is 1. The SMILES string of the molecule is CC(=O)c1c(C)c2cnc(Nc3ccc(N4CCN(C(=O)N5CCC(C6CCN(c7ccc8c(c7)C(=O)N(C7CCC(=O)NC7=O)C8=O)CC6)CC5)CC4)cn3)nc2n(C2CCCC2)c1=O. The molecule has 0 radical (unpaired) electrons. The number of aromatic nitrogens is 4. The fourth-order valence-electron chi connectivity index (χ4n) is 11.3. The topological polar surface area (TPSA) is 203 Å². The highest BCUT2D eigenvalue weighted by molar-refractivity contribution is 6.23. The van der Waals surface area contributed by atoms with Gasteiger partial charge in [0.1, 0.15) is 17.5 Å². The lowest BCUT2D eigenvalue weighted by atomic mass is 9.78. The van der Waals surface area contributed by atoms with Crippen molar-refractivity contribution >= 4 is 69.6 Å². The van der Waals surface area contributed by atoms with Crippen LogP contribution in [0.2, 0.25) is 0 Å². The number of anilines is 4. The lowest BCUT2D eigenvalue weighted by Crippen LogP contribution is -2.54. The molecule has 8 heterocycles. The number of carbonyl (C=O) groups is 6. The van der Waals surface area contributed by atoms with Gasteiger partial charge in [-0.1, -0.05) is 12.8 Å². The van der Waals surface area contributed by atoms with Crippen molar-refractivity contribution < 1.29 is 28.8 Å². The van der Waals surface area contributed by atoms with E-state index in [-0.39, 0.29) is 47.4 Å². The van der Waals surface area contributed by atoms with Gasteiger partial charge >= 0.3 is 6.03 Å². The molecule has 0 bridgehead atoms. The number of imide groups is 2. The first-order chi connectivity index (χ1) is 31.9. The monoisotopic (exact) mass is 897 g/mol. The van der Waals surface area contributed by atoms with Crippen molar-refractivity contribution in [2.24, 2.45) is 11.8 Å². The molecule has 5 aliphatic heterocycles. The third kappa shape index (κ3) is 7.93. The summed E-state index contributed by atoms with van der Waals surface area (Å²) in [5.74, 6) is -0.294. The number of ketones is 1. The van der Waals surface area contributed by atoms with E-state index in [1.165, 1.54) is 6.92 Å². The summed E-state index contributed by atoms with van der Waals surface area (Å²) in [6.45, 7) is 8.97. The molecular formula is C48H55N11O7. The largest absolute Gasteiger partial charge is 0.371 e. The first-order valence-electron chi connectivity index (χ1n) is 23.5. The molecule has 18 nitrogen and oxygen atoms in total. The van der Waals surface area contributed by atoms with Crippen LogP contribution in [0.3, 0.4) is 0 Å². The van der Waals surface area contributed by atoms with Gasteiger partial charge in [0.15, 0.2) is 5.78 Å². The van der Waals surface area contributed by atoms with Crippen LogP contribution in [-0.2, 0) is 9.59 Å². The maximum absolute atomic E-state index is 13.7. The molecule has 6 amide bonds. The van der Waals surface area contributed by atoms with Crippen molar-refractivity contribution in [3.63, 3.8) is 0 Å². The average molecular weight is 898 g/mol. The minimum Gasteiger partial charge on any atom is -0.371 e. The maximum atomic E-state index is 13.7. The zero-order valence-electron chi connectivity index (χ0n) is 37.5. The van der Waals surface area contributed by atoms with Crippen LogP contribution in [0.5, 0.6) is 0 Å². The van der Waals surface area contributed by atoms with E-state index >= 15 is 0 Å². The van der Waals surface area contributed by atoms with Crippen molar-refractivity contribution in [1.29, 1.82) is 0 Å². The van der Waals surface area contributed by atoms with E-state index in [2.05, 4.69) is 30.4 Å². The predicted molar refractivity (Wildman–Crippen MR) is 245 cm³/mol. The summed E-state index contributed by atoms with van der Waals surface area (Å²) in [4.78, 5) is 114. The van der Waals surface area contributed by atoms with E-state index in [1.54, 1.807) is 29.8 Å². The summed E-state index contributed by atoms with van der Waals surface area (Å²) in [7, 11) is 0. The molecule has 4 aromatic rings. The molecule has 2 N–H and O–H groups in total. The van der Waals surface area contributed by atoms with E-state index in [0.29, 0.717) is 71.9 Å². The molecule has 1 atom stereocenters. The molecule has 4 saturated heterocycles. The Balaban J connectivity index is 0.689. The van der Waals surface area contributed by atoms with Crippen molar-refractivity contribution in [1.82, 2.24) is 39.5 Å². The second-order valence-corrected chi connectivity index (χ2v) is 18.7. The Morgan fingerprint density at radius 3 is 2.03 bits per heavy atom. The van der Waals surface area contributed by atoms with Crippen LogP contribution in [0.15, 0.2) is 47.5 Å². The number of nitrogens with zero attached hydrogens (tertiary/aromatic N) is 9. The average Bonchev–Trinajstić information content (AvgIpc) is 3.95. The molecule has 1 aliphatic carbocycles. The lowest BCUT2D eigenvalue weighted by Gasteiger charge is -2.43. The number of rotatable bonds is 8. The molecule has 0 spiro atoms. The van der Waals surface area contributed by atoms with Crippen LogP contribution in [0.1, 0.15) is 114 Å². The van der Waals surface area contributed by atoms with E-state index in [0.717, 1.165) is 93.8 Å². The number of piperazine rings is 1. The van der Waals surface area contributed by atoms with Gasteiger partial charge in [-0.25, -0.2) is 14.8 Å². The normalized spacial score (nSPS) is 21.2. The first-order valence-corrected chi connectivity index (χ1v) is 23.5. The Labute approximate surface area is 381 Å². The fraction of sp³-hybridized carbons (Fsp3) is 0.500. The predicted octanol–water partition coefficient (Wildman–Crippen LogP) is 4.83. The smallest absolute Gasteiger partial charge is 0.320 e. The van der Waals surface area contributed by atoms with Gasteiger partial charge < -0.3 is 24.9 Å². The van der Waals surface area contributed by atoms with Crippen molar-refractivity contribution in [3.05, 3.63) is 75.3 Å². The Bertz CT molecular complexity index is 2690. The number of pyridine rings is 2. The Hall–Kier alpha value is -6.72. The number of piperidine rings is 3. The quantitative estimate of drug-likeness (QED) is 0.180. The van der Waals surface area contributed by atoms with Gasteiger partial charge in [0.2, 0.25) is 17.8 Å². The standard InChI is InChI=1S/C48H55N11O7/c1-28-37-27-50-47(53-42(37)58(32-5-3-4-6-32)46(65)41(28)29(2)60)51-39-11-8-34(26-49-39)55-21-23-57(24-22-55)48(66)56-19-15-31(16-20-56)30-13-17-54(18-14-30)33-7-9-35-36(25-33)45(64)59(44(35)63)38-10-12-40(61)52-43(38)62/h7-9,11,25-27,30-32,38H,3-6,10,12-24H2,1-2H3,(H,52,61,62)(H,49,50,51,53). The first kappa shape index (κ1) is 43.2. The van der Waals surface area contributed by atoms with Gasteiger partial charge in [0.05, 0.1) is 28.6 Å². The summed E-state index contributed by atoms with van der Waals surface area (Å²) in [6, 6.07) is 8.30. The summed E-state index contributed by atoms with van der Waals surface area (Å²) in [6.07, 6.45) is 11.4. The number of benzene rings is 1. The van der Waals surface area contributed by atoms with Gasteiger partial charge in [-0.05, 0) is 107 Å². The molecule has 3 aromatic heterocycles. The van der Waals surface area contributed by atoms with Gasteiger partial charge in [-0.3, -0.25) is 43.6 Å². The van der Waals surface area contributed by atoms with E-state index in [4.69, 9.17) is 4.98 Å². The number of hydrogen-bond acceptors (Lipinski definition) is 13. The lowest BCUT2D eigenvalue weighted by molar-refractivity contribution is -0.136. The summed E-state index contributed by atoms with van der Waals surface area (Å²) in [5.41, 5.74) is 3.46. The summed E-state index contributed by atoms with van der Waals surface area (Å²) < 4.78 is 1.70. The van der Waals surface area contributed by atoms with Crippen molar-refractivity contribution in [2.45, 2.75) is 90.1 Å². The van der Waals surface area contributed by atoms with Crippen LogP contribution >= 0.6 is 0 Å². The number of hydrogen-bond donors (Lipinski definition) is 2. The molecule has 6 aliphatic rings. The van der Waals surface area contributed by atoms with Crippen molar-refractivity contribution in [3.8, 4) is 0 Å². The molecule has 18 heteroatoms. The molecule has 5 fully saturated rings. The number of fused-ring (bicyclic) bond motifs is 2. The summed E-state index contributed by atoms with van der Waals surface area (Å²) in [5, 5.41) is 6.14. The van der Waals surface area contributed by atoms with Gasteiger partial charge in [-0.15, -0.1) is 0 Å². The zero-order chi connectivity index (χ0) is 45.8. The minimum atomic E-state index is -0.985. The second kappa shape index (κ2) is 17.6.